The van der Waals surface area contributed by atoms with Gasteiger partial charge in [-0.2, -0.15) is 0 Å². The van der Waals surface area contributed by atoms with E-state index < -0.39 is 0 Å². The summed E-state index contributed by atoms with van der Waals surface area (Å²) in [6.45, 7) is 8.99. The lowest BCUT2D eigenvalue weighted by atomic mass is 9.83. The van der Waals surface area contributed by atoms with Gasteiger partial charge in [-0.15, -0.1) is 0 Å². The SMILES string of the molecule is CCCC1(N2CCNCC2)CCOCC1. The van der Waals surface area contributed by atoms with Crippen molar-refractivity contribution in [3.8, 4) is 0 Å². The molecule has 0 aliphatic carbocycles. The van der Waals surface area contributed by atoms with Gasteiger partial charge in [-0.3, -0.25) is 4.90 Å². The Morgan fingerprint density at radius 1 is 1.20 bits per heavy atom. The normalized spacial score (nSPS) is 27.8. The molecule has 2 fully saturated rings. The minimum atomic E-state index is 0.467. The number of piperazine rings is 1. The fourth-order valence-electron chi connectivity index (χ4n) is 3.08. The van der Waals surface area contributed by atoms with Gasteiger partial charge in [0.25, 0.3) is 0 Å². The molecule has 15 heavy (non-hydrogen) atoms. The van der Waals surface area contributed by atoms with Gasteiger partial charge in [-0.1, -0.05) is 13.3 Å². The van der Waals surface area contributed by atoms with E-state index in [0.29, 0.717) is 5.54 Å². The lowest BCUT2D eigenvalue weighted by Gasteiger charge is -2.48. The van der Waals surface area contributed by atoms with E-state index in [1.807, 2.05) is 0 Å². The first-order valence-electron chi connectivity index (χ1n) is 6.41. The van der Waals surface area contributed by atoms with Gasteiger partial charge in [-0.05, 0) is 19.3 Å². The molecule has 88 valence electrons. The van der Waals surface area contributed by atoms with Crippen molar-refractivity contribution in [2.45, 2.75) is 38.1 Å². The van der Waals surface area contributed by atoms with Crippen LogP contribution in [0.15, 0.2) is 0 Å². The average Bonchev–Trinajstić information content (AvgIpc) is 2.32. The summed E-state index contributed by atoms with van der Waals surface area (Å²) in [6.07, 6.45) is 5.11. The van der Waals surface area contributed by atoms with Gasteiger partial charge in [0.2, 0.25) is 0 Å². The Bertz CT molecular complexity index is 179. The maximum atomic E-state index is 5.52. The quantitative estimate of drug-likeness (QED) is 0.762. The third-order valence-corrected chi connectivity index (χ3v) is 3.93. The van der Waals surface area contributed by atoms with Crippen molar-refractivity contribution in [2.75, 3.05) is 39.4 Å². The smallest absolute Gasteiger partial charge is 0.0483 e. The number of ether oxygens (including phenoxy) is 1. The van der Waals surface area contributed by atoms with Crippen LogP contribution in [0.4, 0.5) is 0 Å². The molecule has 0 amide bonds. The number of nitrogens with zero attached hydrogens (tertiary/aromatic N) is 1. The Labute approximate surface area is 93.2 Å². The zero-order valence-electron chi connectivity index (χ0n) is 9.93. The third kappa shape index (κ3) is 2.52. The first-order valence-corrected chi connectivity index (χ1v) is 6.41. The van der Waals surface area contributed by atoms with Crippen molar-refractivity contribution in [2.24, 2.45) is 0 Å². The van der Waals surface area contributed by atoms with Gasteiger partial charge in [0.05, 0.1) is 0 Å². The molecule has 0 aromatic rings. The van der Waals surface area contributed by atoms with Gasteiger partial charge in [0.1, 0.15) is 0 Å². The second-order valence-electron chi connectivity index (χ2n) is 4.82. The van der Waals surface area contributed by atoms with E-state index in [-0.39, 0.29) is 0 Å². The Balaban J connectivity index is 2.01. The zero-order chi connectivity index (χ0) is 10.6. The maximum absolute atomic E-state index is 5.52. The second kappa shape index (κ2) is 5.28. The van der Waals surface area contributed by atoms with Gasteiger partial charge in [0.15, 0.2) is 0 Å². The van der Waals surface area contributed by atoms with E-state index in [2.05, 4.69) is 17.1 Å². The highest BCUT2D eigenvalue weighted by atomic mass is 16.5. The van der Waals surface area contributed by atoms with Crippen molar-refractivity contribution < 1.29 is 4.74 Å². The Morgan fingerprint density at radius 3 is 2.47 bits per heavy atom. The van der Waals surface area contributed by atoms with Crippen molar-refractivity contribution >= 4 is 0 Å². The summed E-state index contributed by atoms with van der Waals surface area (Å²) in [5, 5.41) is 3.44. The lowest BCUT2D eigenvalue weighted by molar-refractivity contribution is -0.0384. The summed E-state index contributed by atoms with van der Waals surface area (Å²) in [5.41, 5.74) is 0.467. The molecular formula is C12H24N2O. The van der Waals surface area contributed by atoms with Crippen molar-refractivity contribution in [1.82, 2.24) is 10.2 Å². The molecule has 2 aliphatic heterocycles. The van der Waals surface area contributed by atoms with Crippen molar-refractivity contribution in [3.63, 3.8) is 0 Å². The maximum Gasteiger partial charge on any atom is 0.0483 e. The van der Waals surface area contributed by atoms with Crippen LogP contribution in [0, 0.1) is 0 Å². The highest BCUT2D eigenvalue weighted by Gasteiger charge is 2.37. The molecule has 2 saturated heterocycles. The number of hydrogen-bond acceptors (Lipinski definition) is 3. The van der Waals surface area contributed by atoms with Crippen LogP contribution < -0.4 is 5.32 Å². The Hall–Kier alpha value is -0.120. The molecule has 1 N–H and O–H groups in total. The Kier molecular flexibility index (Phi) is 4.00. The van der Waals surface area contributed by atoms with Gasteiger partial charge < -0.3 is 10.1 Å². The molecule has 2 rings (SSSR count). The molecule has 2 heterocycles. The van der Waals surface area contributed by atoms with Crippen LogP contribution in [0.5, 0.6) is 0 Å². The molecule has 2 aliphatic rings. The molecule has 0 aromatic heterocycles. The summed E-state index contributed by atoms with van der Waals surface area (Å²) >= 11 is 0. The van der Waals surface area contributed by atoms with Crippen LogP contribution in [-0.2, 0) is 4.74 Å². The number of rotatable bonds is 3. The predicted molar refractivity (Wildman–Crippen MR) is 62.1 cm³/mol. The first kappa shape index (κ1) is 11.4. The van der Waals surface area contributed by atoms with Gasteiger partial charge in [0, 0.05) is 44.9 Å². The lowest BCUT2D eigenvalue weighted by Crippen LogP contribution is -2.58. The van der Waals surface area contributed by atoms with Crippen molar-refractivity contribution in [1.29, 1.82) is 0 Å². The summed E-state index contributed by atoms with van der Waals surface area (Å²) in [7, 11) is 0. The molecule has 0 aromatic carbocycles. The van der Waals surface area contributed by atoms with Gasteiger partial charge in [-0.25, -0.2) is 0 Å². The van der Waals surface area contributed by atoms with E-state index in [4.69, 9.17) is 4.74 Å². The average molecular weight is 212 g/mol. The van der Waals surface area contributed by atoms with Crippen LogP contribution >= 0.6 is 0 Å². The molecule has 0 radical (unpaired) electrons. The van der Waals surface area contributed by atoms with Crippen LogP contribution in [0.3, 0.4) is 0 Å². The van der Waals surface area contributed by atoms with E-state index in [9.17, 15) is 0 Å². The minimum Gasteiger partial charge on any atom is -0.381 e. The third-order valence-electron chi connectivity index (χ3n) is 3.93. The van der Waals surface area contributed by atoms with Gasteiger partial charge >= 0.3 is 0 Å². The summed E-state index contributed by atoms with van der Waals surface area (Å²) < 4.78 is 5.52. The number of hydrogen-bond donors (Lipinski definition) is 1. The topological polar surface area (TPSA) is 24.5 Å². The van der Waals surface area contributed by atoms with Crippen LogP contribution in [0.1, 0.15) is 32.6 Å². The van der Waals surface area contributed by atoms with E-state index in [1.54, 1.807) is 0 Å². The largest absolute Gasteiger partial charge is 0.381 e. The van der Waals surface area contributed by atoms with Crippen LogP contribution in [0.25, 0.3) is 0 Å². The fourth-order valence-corrected chi connectivity index (χ4v) is 3.08. The molecule has 0 unspecified atom stereocenters. The van der Waals surface area contributed by atoms with Crippen LogP contribution in [-0.4, -0.2) is 49.8 Å². The summed E-state index contributed by atoms with van der Waals surface area (Å²) in [6, 6.07) is 0. The second-order valence-corrected chi connectivity index (χ2v) is 4.82. The van der Waals surface area contributed by atoms with E-state index in [0.717, 1.165) is 26.3 Å². The highest BCUT2D eigenvalue weighted by Crippen LogP contribution is 2.32. The van der Waals surface area contributed by atoms with Crippen LogP contribution in [0.2, 0.25) is 0 Å². The molecule has 3 heteroatoms. The van der Waals surface area contributed by atoms with E-state index in [1.165, 1.54) is 38.8 Å². The fraction of sp³-hybridized carbons (Fsp3) is 1.00. The molecule has 3 nitrogen and oxygen atoms in total. The monoisotopic (exact) mass is 212 g/mol. The molecule has 0 atom stereocenters. The molecular weight excluding hydrogens is 188 g/mol. The standard InChI is InChI=1S/C12H24N2O/c1-2-3-12(4-10-15-11-5-12)14-8-6-13-7-9-14/h13H,2-11H2,1H3. The predicted octanol–water partition coefficient (Wildman–Crippen LogP) is 1.24. The van der Waals surface area contributed by atoms with E-state index >= 15 is 0 Å². The number of nitrogens with one attached hydrogen (secondary N) is 1. The molecule has 0 bridgehead atoms. The first-order chi connectivity index (χ1) is 7.37. The highest BCUT2D eigenvalue weighted by molar-refractivity contribution is 4.93. The Morgan fingerprint density at radius 2 is 1.87 bits per heavy atom. The summed E-state index contributed by atoms with van der Waals surface area (Å²) in [5.74, 6) is 0. The summed E-state index contributed by atoms with van der Waals surface area (Å²) in [4.78, 5) is 2.72. The molecule has 0 spiro atoms. The van der Waals surface area contributed by atoms with Crippen molar-refractivity contribution in [3.05, 3.63) is 0 Å². The minimum absolute atomic E-state index is 0.467. The zero-order valence-corrected chi connectivity index (χ0v) is 9.93. The molecule has 0 saturated carbocycles.